The third-order valence-corrected chi connectivity index (χ3v) is 2.25. The number of benzene rings is 1. The molecule has 0 aromatic heterocycles. The smallest absolute Gasteiger partial charge is 0.305 e. The number of nitrogens with one attached hydrogen (secondary N) is 2. The average Bonchev–Trinajstić information content (AvgIpc) is 2.29. The van der Waals surface area contributed by atoms with Gasteiger partial charge in [-0.25, -0.2) is 0 Å². The predicted molar refractivity (Wildman–Crippen MR) is 63.8 cm³/mol. The molecular weight excluding hydrogens is 220 g/mol. The first kappa shape index (κ1) is 13.2. The highest BCUT2D eigenvalue weighted by Gasteiger charge is 2.09. The van der Waals surface area contributed by atoms with Crippen LogP contribution < -0.4 is 10.6 Å². The normalized spacial score (nSPS) is 9.94. The monoisotopic (exact) mass is 236 g/mol. The molecule has 0 unspecified atom stereocenters. The third-order valence-electron chi connectivity index (χ3n) is 2.25. The van der Waals surface area contributed by atoms with Gasteiger partial charge in [0.1, 0.15) is 0 Å². The maximum absolute atomic E-state index is 11.8. The number of carbonyl (C=O) groups is 2. The van der Waals surface area contributed by atoms with Gasteiger partial charge in [0.2, 0.25) is 0 Å². The van der Waals surface area contributed by atoms with Gasteiger partial charge in [0.25, 0.3) is 5.91 Å². The van der Waals surface area contributed by atoms with E-state index >= 15 is 0 Å². The molecule has 0 aliphatic rings. The molecule has 0 aliphatic heterocycles. The van der Waals surface area contributed by atoms with E-state index in [1.165, 1.54) is 0 Å². The summed E-state index contributed by atoms with van der Waals surface area (Å²) in [6.07, 6.45) is -0.0695. The van der Waals surface area contributed by atoms with Gasteiger partial charge in [-0.3, -0.25) is 9.59 Å². The van der Waals surface area contributed by atoms with Crippen LogP contribution in [0.2, 0.25) is 0 Å². The van der Waals surface area contributed by atoms with Crippen molar-refractivity contribution in [1.82, 2.24) is 10.6 Å². The predicted octanol–water partition coefficient (Wildman–Crippen LogP) is 0.611. The number of hydrogen-bond donors (Lipinski definition) is 3. The summed E-state index contributed by atoms with van der Waals surface area (Å²) >= 11 is 0. The van der Waals surface area contributed by atoms with E-state index in [9.17, 15) is 9.59 Å². The maximum atomic E-state index is 11.8. The van der Waals surface area contributed by atoms with Crippen LogP contribution in [0.5, 0.6) is 0 Å². The average molecular weight is 236 g/mol. The van der Waals surface area contributed by atoms with Gasteiger partial charge < -0.3 is 15.7 Å². The Morgan fingerprint density at radius 1 is 1.29 bits per heavy atom. The summed E-state index contributed by atoms with van der Waals surface area (Å²) in [5.74, 6) is -1.16. The van der Waals surface area contributed by atoms with Crippen LogP contribution in [0, 0.1) is 0 Å². The van der Waals surface area contributed by atoms with Gasteiger partial charge in [-0.05, 0) is 18.7 Å². The topological polar surface area (TPSA) is 78.4 Å². The van der Waals surface area contributed by atoms with Crippen molar-refractivity contribution in [3.8, 4) is 0 Å². The highest BCUT2D eigenvalue weighted by molar-refractivity contribution is 5.95. The second-order valence-electron chi connectivity index (χ2n) is 3.59. The van der Waals surface area contributed by atoms with Crippen LogP contribution in [-0.2, 0) is 11.3 Å². The minimum Gasteiger partial charge on any atom is -0.481 e. The van der Waals surface area contributed by atoms with E-state index in [0.29, 0.717) is 12.1 Å². The van der Waals surface area contributed by atoms with E-state index in [1.807, 2.05) is 12.1 Å². The number of carboxylic acids is 1. The fourth-order valence-corrected chi connectivity index (χ4v) is 1.46. The second-order valence-corrected chi connectivity index (χ2v) is 3.59. The van der Waals surface area contributed by atoms with Crippen LogP contribution in [-0.4, -0.2) is 30.6 Å². The summed E-state index contributed by atoms with van der Waals surface area (Å²) in [5.41, 5.74) is 1.47. The number of rotatable bonds is 6. The summed E-state index contributed by atoms with van der Waals surface area (Å²) in [7, 11) is 1.80. The molecule has 1 aromatic carbocycles. The van der Waals surface area contributed by atoms with Crippen molar-refractivity contribution >= 4 is 11.9 Å². The fraction of sp³-hybridized carbons (Fsp3) is 0.333. The molecule has 1 rings (SSSR count). The number of aliphatic carboxylic acids is 1. The van der Waals surface area contributed by atoms with Crippen molar-refractivity contribution in [3.05, 3.63) is 35.4 Å². The SMILES string of the molecule is CNCc1ccccc1C(=O)NCCC(=O)O. The van der Waals surface area contributed by atoms with Crippen molar-refractivity contribution in [1.29, 1.82) is 0 Å². The van der Waals surface area contributed by atoms with Gasteiger partial charge in [0.05, 0.1) is 6.42 Å². The molecule has 0 bridgehead atoms. The molecular formula is C12H16N2O3. The highest BCUT2D eigenvalue weighted by atomic mass is 16.4. The van der Waals surface area contributed by atoms with Crippen molar-refractivity contribution in [2.75, 3.05) is 13.6 Å². The van der Waals surface area contributed by atoms with Gasteiger partial charge in [0.15, 0.2) is 0 Å². The van der Waals surface area contributed by atoms with Crippen LogP contribution in [0.15, 0.2) is 24.3 Å². The van der Waals surface area contributed by atoms with Crippen molar-refractivity contribution in [2.24, 2.45) is 0 Å². The number of amides is 1. The minimum atomic E-state index is -0.922. The van der Waals surface area contributed by atoms with Crippen molar-refractivity contribution < 1.29 is 14.7 Å². The lowest BCUT2D eigenvalue weighted by atomic mass is 10.1. The maximum Gasteiger partial charge on any atom is 0.305 e. The molecule has 17 heavy (non-hydrogen) atoms. The van der Waals surface area contributed by atoms with E-state index in [1.54, 1.807) is 19.2 Å². The first-order chi connectivity index (χ1) is 8.15. The van der Waals surface area contributed by atoms with Crippen LogP contribution in [0.3, 0.4) is 0 Å². The molecule has 0 saturated heterocycles. The van der Waals surface area contributed by atoms with Gasteiger partial charge in [-0.15, -0.1) is 0 Å². The molecule has 92 valence electrons. The molecule has 0 atom stereocenters. The third kappa shape index (κ3) is 4.24. The second kappa shape index (κ2) is 6.65. The summed E-state index contributed by atoms with van der Waals surface area (Å²) in [6, 6.07) is 7.23. The molecule has 0 fully saturated rings. The molecule has 0 radical (unpaired) electrons. The Balaban J connectivity index is 2.64. The zero-order chi connectivity index (χ0) is 12.7. The Labute approximate surface area is 99.8 Å². The number of carboxylic acid groups (broad SMARTS) is 1. The Bertz CT molecular complexity index is 404. The van der Waals surface area contributed by atoms with Gasteiger partial charge in [-0.1, -0.05) is 18.2 Å². The zero-order valence-corrected chi connectivity index (χ0v) is 9.69. The molecule has 1 amide bonds. The lowest BCUT2D eigenvalue weighted by Crippen LogP contribution is -2.27. The van der Waals surface area contributed by atoms with Crippen LogP contribution in [0.4, 0.5) is 0 Å². The molecule has 0 spiro atoms. The minimum absolute atomic E-state index is 0.0695. The van der Waals surface area contributed by atoms with Crippen LogP contribution in [0.1, 0.15) is 22.3 Å². The quantitative estimate of drug-likeness (QED) is 0.676. The Kier molecular flexibility index (Phi) is 5.16. The summed E-state index contributed by atoms with van der Waals surface area (Å²) in [6.45, 7) is 0.741. The largest absolute Gasteiger partial charge is 0.481 e. The molecule has 0 heterocycles. The van der Waals surface area contributed by atoms with Crippen molar-refractivity contribution in [3.63, 3.8) is 0 Å². The summed E-state index contributed by atoms with van der Waals surface area (Å²) < 4.78 is 0. The molecule has 0 aliphatic carbocycles. The van der Waals surface area contributed by atoms with E-state index < -0.39 is 5.97 Å². The summed E-state index contributed by atoms with van der Waals surface area (Å²) in [4.78, 5) is 22.1. The number of carbonyl (C=O) groups excluding carboxylic acids is 1. The lowest BCUT2D eigenvalue weighted by Gasteiger charge is -2.09. The van der Waals surface area contributed by atoms with E-state index in [2.05, 4.69) is 10.6 Å². The van der Waals surface area contributed by atoms with E-state index in [0.717, 1.165) is 5.56 Å². The van der Waals surface area contributed by atoms with Crippen LogP contribution >= 0.6 is 0 Å². The van der Waals surface area contributed by atoms with E-state index in [-0.39, 0.29) is 18.9 Å². The standard InChI is InChI=1S/C12H16N2O3/c1-13-8-9-4-2-3-5-10(9)12(17)14-7-6-11(15)16/h2-5,13H,6-8H2,1H3,(H,14,17)(H,15,16). The molecule has 5 nitrogen and oxygen atoms in total. The molecule has 3 N–H and O–H groups in total. The zero-order valence-electron chi connectivity index (χ0n) is 9.69. The molecule has 0 saturated carbocycles. The lowest BCUT2D eigenvalue weighted by molar-refractivity contribution is -0.136. The van der Waals surface area contributed by atoms with Gasteiger partial charge in [0, 0.05) is 18.7 Å². The molecule has 1 aromatic rings. The Morgan fingerprint density at radius 3 is 2.65 bits per heavy atom. The van der Waals surface area contributed by atoms with Crippen molar-refractivity contribution in [2.45, 2.75) is 13.0 Å². The molecule has 5 heteroatoms. The number of hydrogen-bond acceptors (Lipinski definition) is 3. The highest BCUT2D eigenvalue weighted by Crippen LogP contribution is 2.08. The fourth-order valence-electron chi connectivity index (χ4n) is 1.46. The Hall–Kier alpha value is -1.88. The Morgan fingerprint density at radius 2 is 2.00 bits per heavy atom. The van der Waals surface area contributed by atoms with Gasteiger partial charge >= 0.3 is 5.97 Å². The summed E-state index contributed by atoms with van der Waals surface area (Å²) in [5, 5.41) is 14.0. The first-order valence-corrected chi connectivity index (χ1v) is 5.37. The van der Waals surface area contributed by atoms with E-state index in [4.69, 9.17) is 5.11 Å². The first-order valence-electron chi connectivity index (χ1n) is 5.37. The van der Waals surface area contributed by atoms with Crippen LogP contribution in [0.25, 0.3) is 0 Å². The van der Waals surface area contributed by atoms with Gasteiger partial charge in [-0.2, -0.15) is 0 Å².